The monoisotopic (exact) mass is 160 g/mol. The summed E-state index contributed by atoms with van der Waals surface area (Å²) >= 11 is 0. The second kappa shape index (κ2) is 6.63. The van der Waals surface area contributed by atoms with Gasteiger partial charge < -0.3 is 0 Å². The lowest BCUT2D eigenvalue weighted by molar-refractivity contribution is 0.278. The minimum atomic E-state index is -0.159. The number of hydrogen-bond acceptors (Lipinski definition) is 0. The van der Waals surface area contributed by atoms with Crippen molar-refractivity contribution in [1.29, 1.82) is 0 Å². The summed E-state index contributed by atoms with van der Waals surface area (Å²) in [6.45, 7) is 6.19. The van der Waals surface area contributed by atoms with E-state index in [0.717, 1.165) is 0 Å². The quantitative estimate of drug-likeness (QED) is 0.518. The normalized spacial score (nSPS) is 16.4. The van der Waals surface area contributed by atoms with Gasteiger partial charge in [-0.05, 0) is 11.8 Å². The summed E-state index contributed by atoms with van der Waals surface area (Å²) in [5, 5.41) is 0. The molecule has 0 saturated heterocycles. The van der Waals surface area contributed by atoms with Crippen molar-refractivity contribution in [1.82, 2.24) is 0 Å². The van der Waals surface area contributed by atoms with Crippen molar-refractivity contribution in [2.75, 3.05) is 6.67 Å². The van der Waals surface area contributed by atoms with Crippen molar-refractivity contribution in [2.45, 2.75) is 46.5 Å². The molecule has 0 amide bonds. The molecule has 0 aromatic rings. The Bertz CT molecular complexity index is 80.9. The van der Waals surface area contributed by atoms with Gasteiger partial charge in [0.25, 0.3) is 0 Å². The van der Waals surface area contributed by atoms with Gasteiger partial charge >= 0.3 is 0 Å². The Kier molecular flexibility index (Phi) is 6.59. The zero-order valence-electron chi connectivity index (χ0n) is 8.07. The number of alkyl halides is 1. The van der Waals surface area contributed by atoms with Crippen LogP contribution >= 0.6 is 0 Å². The SMILES string of the molecule is CCCCCC(C)C(C)CF. The van der Waals surface area contributed by atoms with Crippen molar-refractivity contribution < 1.29 is 4.39 Å². The first kappa shape index (κ1) is 10.9. The fourth-order valence-corrected chi connectivity index (χ4v) is 1.15. The molecule has 0 aliphatic heterocycles. The first-order chi connectivity index (χ1) is 5.22. The van der Waals surface area contributed by atoms with E-state index < -0.39 is 0 Å². The predicted molar refractivity (Wildman–Crippen MR) is 48.4 cm³/mol. The molecule has 0 N–H and O–H groups in total. The van der Waals surface area contributed by atoms with Gasteiger partial charge in [0.15, 0.2) is 0 Å². The molecule has 0 rings (SSSR count). The molecule has 0 saturated carbocycles. The van der Waals surface area contributed by atoms with Gasteiger partial charge in [0.2, 0.25) is 0 Å². The highest BCUT2D eigenvalue weighted by Crippen LogP contribution is 2.18. The zero-order valence-corrected chi connectivity index (χ0v) is 8.07. The van der Waals surface area contributed by atoms with Crippen LogP contribution in [0.3, 0.4) is 0 Å². The topological polar surface area (TPSA) is 0 Å². The molecule has 0 aliphatic rings. The number of halogens is 1. The van der Waals surface area contributed by atoms with Crippen LogP contribution in [0, 0.1) is 11.8 Å². The number of rotatable bonds is 6. The first-order valence-corrected chi connectivity index (χ1v) is 4.78. The minimum absolute atomic E-state index is 0.159. The van der Waals surface area contributed by atoms with E-state index >= 15 is 0 Å². The van der Waals surface area contributed by atoms with Crippen molar-refractivity contribution in [3.63, 3.8) is 0 Å². The summed E-state index contributed by atoms with van der Waals surface area (Å²) in [6, 6.07) is 0. The molecule has 0 aliphatic carbocycles. The third-order valence-corrected chi connectivity index (χ3v) is 2.48. The molecule has 0 nitrogen and oxygen atoms in total. The van der Waals surface area contributed by atoms with E-state index in [-0.39, 0.29) is 12.6 Å². The lowest BCUT2D eigenvalue weighted by Crippen LogP contribution is -2.09. The van der Waals surface area contributed by atoms with Crippen LogP contribution < -0.4 is 0 Å². The third kappa shape index (κ3) is 5.23. The molecule has 11 heavy (non-hydrogen) atoms. The molecule has 0 radical (unpaired) electrons. The van der Waals surface area contributed by atoms with Crippen LogP contribution in [0.5, 0.6) is 0 Å². The van der Waals surface area contributed by atoms with Crippen LogP contribution in [0.1, 0.15) is 46.5 Å². The summed E-state index contributed by atoms with van der Waals surface area (Å²) in [4.78, 5) is 0. The van der Waals surface area contributed by atoms with E-state index in [1.54, 1.807) is 0 Å². The number of unbranched alkanes of at least 4 members (excludes halogenated alkanes) is 2. The van der Waals surface area contributed by atoms with Crippen LogP contribution in [0.4, 0.5) is 4.39 Å². The van der Waals surface area contributed by atoms with Gasteiger partial charge in [0.05, 0.1) is 6.67 Å². The van der Waals surface area contributed by atoms with Crippen molar-refractivity contribution >= 4 is 0 Å². The maximum absolute atomic E-state index is 12.1. The molecule has 0 spiro atoms. The third-order valence-electron chi connectivity index (χ3n) is 2.48. The van der Waals surface area contributed by atoms with Gasteiger partial charge in [0, 0.05) is 0 Å². The highest BCUT2D eigenvalue weighted by molar-refractivity contribution is 4.60. The largest absolute Gasteiger partial charge is 0.251 e. The smallest absolute Gasteiger partial charge is 0.0922 e. The Morgan fingerprint density at radius 1 is 1.09 bits per heavy atom. The fraction of sp³-hybridized carbons (Fsp3) is 1.00. The zero-order chi connectivity index (χ0) is 8.69. The van der Waals surface area contributed by atoms with E-state index in [4.69, 9.17) is 0 Å². The van der Waals surface area contributed by atoms with Gasteiger partial charge in [0.1, 0.15) is 0 Å². The highest BCUT2D eigenvalue weighted by Gasteiger charge is 2.10. The summed E-state index contributed by atoms with van der Waals surface area (Å²) in [5.74, 6) is 0.818. The standard InChI is InChI=1S/C10H21F/c1-4-5-6-7-9(2)10(3)8-11/h9-10H,4-8H2,1-3H3. The molecule has 0 fully saturated rings. The maximum atomic E-state index is 12.1. The fourth-order valence-electron chi connectivity index (χ4n) is 1.15. The summed E-state index contributed by atoms with van der Waals surface area (Å²) in [6.07, 6.45) is 5.01. The summed E-state index contributed by atoms with van der Waals surface area (Å²) < 4.78 is 12.1. The molecule has 2 unspecified atom stereocenters. The van der Waals surface area contributed by atoms with Crippen LogP contribution in [-0.2, 0) is 0 Å². The van der Waals surface area contributed by atoms with Gasteiger partial charge in [-0.3, -0.25) is 4.39 Å². The Hall–Kier alpha value is -0.0700. The second-order valence-corrected chi connectivity index (χ2v) is 3.60. The van der Waals surface area contributed by atoms with Crippen LogP contribution in [0.15, 0.2) is 0 Å². The van der Waals surface area contributed by atoms with Gasteiger partial charge in [-0.1, -0.05) is 46.5 Å². The summed E-state index contributed by atoms with van der Waals surface area (Å²) in [5.41, 5.74) is 0. The van der Waals surface area contributed by atoms with E-state index in [9.17, 15) is 4.39 Å². The van der Waals surface area contributed by atoms with E-state index in [1.165, 1.54) is 25.7 Å². The van der Waals surface area contributed by atoms with Crippen LogP contribution in [0.25, 0.3) is 0 Å². The Balaban J connectivity index is 3.28. The predicted octanol–water partition coefficient (Wildman–Crippen LogP) is 3.81. The van der Waals surface area contributed by atoms with Gasteiger partial charge in [-0.25, -0.2) is 0 Å². The van der Waals surface area contributed by atoms with E-state index in [0.29, 0.717) is 5.92 Å². The van der Waals surface area contributed by atoms with Gasteiger partial charge in [-0.15, -0.1) is 0 Å². The minimum Gasteiger partial charge on any atom is -0.251 e. The molecule has 0 aromatic carbocycles. The van der Waals surface area contributed by atoms with Gasteiger partial charge in [-0.2, -0.15) is 0 Å². The van der Waals surface area contributed by atoms with Crippen molar-refractivity contribution in [3.8, 4) is 0 Å². The Morgan fingerprint density at radius 3 is 2.18 bits per heavy atom. The summed E-state index contributed by atoms with van der Waals surface area (Å²) in [7, 11) is 0. The molecular formula is C10H21F. The van der Waals surface area contributed by atoms with Crippen molar-refractivity contribution in [3.05, 3.63) is 0 Å². The van der Waals surface area contributed by atoms with Crippen LogP contribution in [0.2, 0.25) is 0 Å². The molecule has 68 valence electrons. The van der Waals surface area contributed by atoms with E-state index in [1.807, 2.05) is 6.92 Å². The van der Waals surface area contributed by atoms with E-state index in [2.05, 4.69) is 13.8 Å². The number of hydrogen-bond donors (Lipinski definition) is 0. The Morgan fingerprint density at radius 2 is 1.73 bits per heavy atom. The lowest BCUT2D eigenvalue weighted by Gasteiger charge is -2.15. The Labute approximate surface area is 70.2 Å². The lowest BCUT2D eigenvalue weighted by atomic mass is 9.92. The highest BCUT2D eigenvalue weighted by atomic mass is 19.1. The molecular weight excluding hydrogens is 139 g/mol. The molecule has 0 bridgehead atoms. The molecule has 1 heteroatoms. The molecule has 0 heterocycles. The maximum Gasteiger partial charge on any atom is 0.0922 e. The molecule has 2 atom stereocenters. The van der Waals surface area contributed by atoms with Crippen molar-refractivity contribution in [2.24, 2.45) is 11.8 Å². The van der Waals surface area contributed by atoms with Crippen LogP contribution in [-0.4, -0.2) is 6.67 Å². The second-order valence-electron chi connectivity index (χ2n) is 3.60. The average molecular weight is 160 g/mol. The molecule has 0 aromatic heterocycles. The average Bonchev–Trinajstić information content (AvgIpc) is 2.03. The first-order valence-electron chi connectivity index (χ1n) is 4.78.